The van der Waals surface area contributed by atoms with Gasteiger partial charge in [-0.05, 0) is 26.2 Å². The first-order valence-electron chi connectivity index (χ1n) is 6.17. The van der Waals surface area contributed by atoms with Crippen molar-refractivity contribution in [2.24, 2.45) is 5.73 Å². The van der Waals surface area contributed by atoms with Crippen LogP contribution in [-0.2, 0) is 13.0 Å². The van der Waals surface area contributed by atoms with Crippen LogP contribution in [0.25, 0.3) is 0 Å². The van der Waals surface area contributed by atoms with Crippen molar-refractivity contribution in [2.45, 2.75) is 57.3 Å². The van der Waals surface area contributed by atoms with E-state index in [0.717, 1.165) is 37.5 Å². The molecule has 1 fully saturated rings. The van der Waals surface area contributed by atoms with Gasteiger partial charge in [-0.15, -0.1) is 10.2 Å². The maximum absolute atomic E-state index is 5.78. The molecule has 2 aliphatic rings. The van der Waals surface area contributed by atoms with Gasteiger partial charge in [-0.25, -0.2) is 0 Å². The Morgan fingerprint density at radius 3 is 3.00 bits per heavy atom. The van der Waals surface area contributed by atoms with Crippen LogP contribution in [0.3, 0.4) is 0 Å². The lowest BCUT2D eigenvalue weighted by Gasteiger charge is -2.35. The van der Waals surface area contributed by atoms with Crippen LogP contribution >= 0.6 is 0 Å². The van der Waals surface area contributed by atoms with Gasteiger partial charge in [0.1, 0.15) is 11.6 Å². The molecular formula is C11H19N5. The number of nitrogens with two attached hydrogens (primary N) is 1. The zero-order chi connectivity index (χ0) is 11.1. The molecular weight excluding hydrogens is 202 g/mol. The number of hydrogen-bond acceptors (Lipinski definition) is 4. The Balaban J connectivity index is 1.67. The number of aromatic nitrogens is 3. The molecule has 88 valence electrons. The zero-order valence-electron chi connectivity index (χ0n) is 9.69. The predicted molar refractivity (Wildman–Crippen MR) is 60.9 cm³/mol. The Morgan fingerprint density at radius 2 is 2.25 bits per heavy atom. The number of hydrogen-bond donors (Lipinski definition) is 2. The highest BCUT2D eigenvalue weighted by Crippen LogP contribution is 2.23. The van der Waals surface area contributed by atoms with E-state index in [1.165, 1.54) is 6.42 Å². The molecule has 0 radical (unpaired) electrons. The van der Waals surface area contributed by atoms with E-state index >= 15 is 0 Å². The van der Waals surface area contributed by atoms with Crippen LogP contribution in [0.5, 0.6) is 0 Å². The van der Waals surface area contributed by atoms with Crippen molar-refractivity contribution in [3.8, 4) is 0 Å². The van der Waals surface area contributed by atoms with Crippen molar-refractivity contribution in [2.75, 3.05) is 0 Å². The first-order chi connectivity index (χ1) is 7.74. The molecule has 0 aromatic carbocycles. The Hall–Kier alpha value is -0.940. The minimum absolute atomic E-state index is 0.289. The number of aryl methyl sites for hydroxylation is 1. The molecule has 1 aliphatic heterocycles. The minimum Gasteiger partial charge on any atom is -0.328 e. The summed E-state index contributed by atoms with van der Waals surface area (Å²) in [6.45, 7) is 3.24. The van der Waals surface area contributed by atoms with E-state index in [0.29, 0.717) is 12.1 Å². The number of nitrogens with one attached hydrogen (secondary N) is 1. The zero-order valence-corrected chi connectivity index (χ0v) is 9.69. The minimum atomic E-state index is 0.289. The molecule has 16 heavy (non-hydrogen) atoms. The van der Waals surface area contributed by atoms with Crippen LogP contribution in [0.15, 0.2) is 0 Å². The second-order valence-corrected chi connectivity index (χ2v) is 5.05. The van der Waals surface area contributed by atoms with E-state index in [2.05, 4.69) is 27.0 Å². The van der Waals surface area contributed by atoms with Gasteiger partial charge >= 0.3 is 0 Å². The molecule has 2 heterocycles. The molecule has 3 rings (SSSR count). The van der Waals surface area contributed by atoms with E-state index < -0.39 is 0 Å². The monoisotopic (exact) mass is 221 g/mol. The first-order valence-corrected chi connectivity index (χ1v) is 6.17. The van der Waals surface area contributed by atoms with Crippen molar-refractivity contribution in [1.82, 2.24) is 20.1 Å². The highest BCUT2D eigenvalue weighted by Gasteiger charge is 2.29. The highest BCUT2D eigenvalue weighted by atomic mass is 15.3. The molecule has 1 saturated carbocycles. The van der Waals surface area contributed by atoms with Gasteiger partial charge in [0.05, 0.1) is 6.04 Å². The average molecular weight is 221 g/mol. The maximum Gasteiger partial charge on any atom is 0.149 e. The van der Waals surface area contributed by atoms with Crippen LogP contribution in [0.4, 0.5) is 0 Å². The number of nitrogens with zero attached hydrogens (tertiary/aromatic N) is 3. The predicted octanol–water partition coefficient (Wildman–Crippen LogP) is 0.365. The standard InChI is InChI=1S/C11H19N5/c1-7(13-9-5-8(12)6-9)11-15-14-10-3-2-4-16(10)11/h7-9,13H,2-6,12H2,1H3. The van der Waals surface area contributed by atoms with Crippen molar-refractivity contribution < 1.29 is 0 Å². The summed E-state index contributed by atoms with van der Waals surface area (Å²) >= 11 is 0. The number of rotatable bonds is 3. The average Bonchev–Trinajstić information content (AvgIpc) is 2.75. The normalized spacial score (nSPS) is 29.9. The van der Waals surface area contributed by atoms with Crippen molar-refractivity contribution in [1.29, 1.82) is 0 Å². The summed E-state index contributed by atoms with van der Waals surface area (Å²) < 4.78 is 2.26. The fourth-order valence-electron chi connectivity index (χ4n) is 2.72. The van der Waals surface area contributed by atoms with E-state index in [-0.39, 0.29) is 6.04 Å². The molecule has 1 atom stereocenters. The Morgan fingerprint density at radius 1 is 1.44 bits per heavy atom. The molecule has 1 aliphatic carbocycles. The lowest BCUT2D eigenvalue weighted by atomic mass is 9.87. The lowest BCUT2D eigenvalue weighted by Crippen LogP contribution is -2.49. The first kappa shape index (κ1) is 10.2. The largest absolute Gasteiger partial charge is 0.328 e. The van der Waals surface area contributed by atoms with Crippen LogP contribution in [-0.4, -0.2) is 26.8 Å². The Labute approximate surface area is 95.4 Å². The molecule has 0 saturated heterocycles. The van der Waals surface area contributed by atoms with E-state index in [1.54, 1.807) is 0 Å². The van der Waals surface area contributed by atoms with Gasteiger partial charge in [-0.2, -0.15) is 0 Å². The fraction of sp³-hybridized carbons (Fsp3) is 0.818. The van der Waals surface area contributed by atoms with Gasteiger partial charge in [-0.1, -0.05) is 0 Å². The van der Waals surface area contributed by atoms with E-state index in [9.17, 15) is 0 Å². The van der Waals surface area contributed by atoms with Crippen molar-refractivity contribution in [3.63, 3.8) is 0 Å². The smallest absolute Gasteiger partial charge is 0.149 e. The van der Waals surface area contributed by atoms with E-state index in [4.69, 9.17) is 5.73 Å². The quantitative estimate of drug-likeness (QED) is 0.773. The van der Waals surface area contributed by atoms with Crippen LogP contribution in [0, 0.1) is 0 Å². The SMILES string of the molecule is CC(NC1CC(N)C1)c1nnc2n1CCC2. The van der Waals surface area contributed by atoms with Crippen LogP contribution in [0.1, 0.15) is 43.9 Å². The van der Waals surface area contributed by atoms with Crippen molar-refractivity contribution in [3.05, 3.63) is 11.6 Å². The summed E-state index contributed by atoms with van der Waals surface area (Å²) in [5.41, 5.74) is 5.78. The lowest BCUT2D eigenvalue weighted by molar-refractivity contribution is 0.267. The molecule has 5 nitrogen and oxygen atoms in total. The topological polar surface area (TPSA) is 68.8 Å². The summed E-state index contributed by atoms with van der Waals surface area (Å²) in [5.74, 6) is 2.24. The van der Waals surface area contributed by atoms with Crippen molar-refractivity contribution >= 4 is 0 Å². The van der Waals surface area contributed by atoms with Gasteiger partial charge in [-0.3, -0.25) is 0 Å². The van der Waals surface area contributed by atoms with E-state index in [1.807, 2.05) is 0 Å². The summed E-state index contributed by atoms with van der Waals surface area (Å²) in [7, 11) is 0. The van der Waals surface area contributed by atoms with Crippen LogP contribution < -0.4 is 11.1 Å². The molecule has 1 unspecified atom stereocenters. The summed E-state index contributed by atoms with van der Waals surface area (Å²) in [6.07, 6.45) is 4.46. The summed E-state index contributed by atoms with van der Waals surface area (Å²) in [6, 6.07) is 1.25. The van der Waals surface area contributed by atoms with Gasteiger partial charge in [0.15, 0.2) is 0 Å². The second-order valence-electron chi connectivity index (χ2n) is 5.05. The summed E-state index contributed by atoms with van der Waals surface area (Å²) in [4.78, 5) is 0. The molecule has 0 spiro atoms. The van der Waals surface area contributed by atoms with Gasteiger partial charge in [0, 0.05) is 25.0 Å². The second kappa shape index (κ2) is 3.82. The number of fused-ring (bicyclic) bond motifs is 1. The van der Waals surface area contributed by atoms with Crippen LogP contribution in [0.2, 0.25) is 0 Å². The molecule has 1 aromatic heterocycles. The molecule has 0 amide bonds. The molecule has 5 heteroatoms. The van der Waals surface area contributed by atoms with Gasteiger partial charge < -0.3 is 15.6 Å². The third-order valence-corrected chi connectivity index (χ3v) is 3.69. The maximum atomic E-state index is 5.78. The molecule has 0 bridgehead atoms. The Bertz CT molecular complexity index is 380. The fourth-order valence-corrected chi connectivity index (χ4v) is 2.72. The van der Waals surface area contributed by atoms with Gasteiger partial charge in [0.2, 0.25) is 0 Å². The molecule has 1 aromatic rings. The summed E-state index contributed by atoms with van der Waals surface area (Å²) in [5, 5.41) is 12.1. The third-order valence-electron chi connectivity index (χ3n) is 3.69. The molecule has 3 N–H and O–H groups in total. The van der Waals surface area contributed by atoms with Gasteiger partial charge in [0.25, 0.3) is 0 Å². The Kier molecular flexibility index (Phi) is 2.44. The third kappa shape index (κ3) is 1.64. The highest BCUT2D eigenvalue weighted by molar-refractivity contribution is 5.05.